The van der Waals surface area contributed by atoms with Crippen LogP contribution in [0.15, 0.2) is 165 Å². The zero-order chi connectivity index (χ0) is 69.0. The predicted octanol–water partition coefficient (Wildman–Crippen LogP) is 10.3. The molecule has 0 bridgehead atoms. The van der Waals surface area contributed by atoms with Gasteiger partial charge in [0.15, 0.2) is 0 Å². The maximum atomic E-state index is 15.2. The molecule has 19 nitrogen and oxygen atoms in total. The van der Waals surface area contributed by atoms with Crippen molar-refractivity contribution in [2.75, 3.05) is 32.7 Å². The lowest BCUT2D eigenvalue weighted by molar-refractivity contribution is -0.138. The maximum absolute atomic E-state index is 15.2. The van der Waals surface area contributed by atoms with E-state index in [0.29, 0.717) is 127 Å². The first-order valence-electron chi connectivity index (χ1n) is 32.6. The number of hydrogen-bond donors (Lipinski definition) is 4. The van der Waals surface area contributed by atoms with Crippen LogP contribution in [0.2, 0.25) is 10.0 Å². The fourth-order valence-corrected chi connectivity index (χ4v) is 14.0. The molecule has 2 atom stereocenters. The van der Waals surface area contributed by atoms with E-state index in [1.165, 1.54) is 30.4 Å². The van der Waals surface area contributed by atoms with E-state index in [9.17, 15) is 38.0 Å². The second-order valence-corrected chi connectivity index (χ2v) is 26.1. The summed E-state index contributed by atoms with van der Waals surface area (Å²) in [5.74, 6) is -2.62. The van der Waals surface area contributed by atoms with Crippen molar-refractivity contribution in [3.8, 4) is 0 Å². The summed E-state index contributed by atoms with van der Waals surface area (Å²) in [6.45, 7) is 8.40. The molecule has 2 spiro atoms. The summed E-state index contributed by atoms with van der Waals surface area (Å²) in [7, 11) is 0. The topological polar surface area (TPSA) is 243 Å². The molecular weight excluding hydrogens is 1290 g/mol. The Kier molecular flexibility index (Phi) is 23.7. The van der Waals surface area contributed by atoms with E-state index in [-0.39, 0.29) is 64.2 Å². The van der Waals surface area contributed by atoms with Crippen LogP contribution in [0.25, 0.3) is 0 Å². The van der Waals surface area contributed by atoms with Crippen LogP contribution >= 0.6 is 23.2 Å². The molecule has 97 heavy (non-hydrogen) atoms. The Morgan fingerprint density at radius 3 is 1.42 bits per heavy atom. The SMILES string of the molecule is Cc1cccc(F)c1Cn1c2c(c(=O)n(C[C@H](N)c3ccccc3)c1=O)C1(CCN(Cc3cccc(Cl)c3)CC1)OC2.Cc1cccc(F)c1Cn1c2c(c(=O)n(C[C@H](NCCCC(=O)O)c3ccccc3)c1=O)C1(CCN(Cc3cccc(Cl)c3)CC1)OC2.O=CCCC(=O)O. The number of nitrogens with zero attached hydrogens (tertiary/aromatic N) is 6. The minimum Gasteiger partial charge on any atom is -0.481 e. The molecule has 0 saturated carbocycles. The van der Waals surface area contributed by atoms with Gasteiger partial charge >= 0.3 is 23.3 Å². The van der Waals surface area contributed by atoms with Gasteiger partial charge in [-0.2, -0.15) is 0 Å². The highest BCUT2D eigenvalue weighted by molar-refractivity contribution is 6.30. The molecule has 8 aromatic rings. The average molecular weight is 1370 g/mol. The summed E-state index contributed by atoms with van der Waals surface area (Å²) in [4.78, 5) is 91.9. The van der Waals surface area contributed by atoms with Gasteiger partial charge in [0.2, 0.25) is 0 Å². The van der Waals surface area contributed by atoms with E-state index in [2.05, 4.69) is 21.2 Å². The Labute approximate surface area is 570 Å². The molecule has 23 heteroatoms. The highest BCUT2D eigenvalue weighted by atomic mass is 35.5. The van der Waals surface area contributed by atoms with Crippen LogP contribution in [-0.4, -0.2) is 89.2 Å². The number of rotatable bonds is 22. The Bertz CT molecular complexity index is 4340. The molecule has 510 valence electrons. The summed E-state index contributed by atoms with van der Waals surface area (Å²) in [5.41, 5.74) is 11.1. The number of nitrogens with two attached hydrogens (primary N) is 1. The van der Waals surface area contributed by atoms with Crippen LogP contribution in [0.3, 0.4) is 0 Å². The maximum Gasteiger partial charge on any atom is 0.331 e. The Hall–Kier alpha value is -8.51. The van der Waals surface area contributed by atoms with Crippen molar-refractivity contribution in [2.45, 2.75) is 141 Å². The zero-order valence-electron chi connectivity index (χ0n) is 54.3. The number of carbonyl (C=O) groups is 3. The summed E-state index contributed by atoms with van der Waals surface area (Å²) >= 11 is 12.4. The monoisotopic (exact) mass is 1360 g/mol. The molecule has 0 amide bonds. The van der Waals surface area contributed by atoms with Gasteiger partial charge in [-0.3, -0.25) is 47.2 Å². The number of carbonyl (C=O) groups excluding carboxylic acids is 1. The van der Waals surface area contributed by atoms with Crippen LogP contribution in [0, 0.1) is 25.5 Å². The van der Waals surface area contributed by atoms with Gasteiger partial charge in [-0.05, 0) is 122 Å². The molecular formula is C74H80Cl2F2N8O11. The number of benzene rings is 6. The second-order valence-electron chi connectivity index (χ2n) is 25.2. The Morgan fingerprint density at radius 1 is 0.577 bits per heavy atom. The van der Waals surface area contributed by atoms with Gasteiger partial charge < -0.3 is 35.5 Å². The molecule has 0 radical (unpaired) electrons. The Balaban J connectivity index is 0.000000193. The molecule has 6 heterocycles. The quantitative estimate of drug-likeness (QED) is 0.0364. The van der Waals surface area contributed by atoms with E-state index >= 15 is 4.39 Å². The van der Waals surface area contributed by atoms with Crippen molar-refractivity contribution in [2.24, 2.45) is 5.73 Å². The van der Waals surface area contributed by atoms with Gasteiger partial charge in [-0.15, -0.1) is 0 Å². The third-order valence-electron chi connectivity index (χ3n) is 18.8. The molecule has 0 aliphatic carbocycles. The van der Waals surface area contributed by atoms with Crippen LogP contribution < -0.4 is 33.5 Å². The second kappa shape index (κ2) is 32.2. The standard InChI is InChI=1S/C37H40ClFN4O5.C33H34ClFN4O3.C4H6O3/c1-25-8-5-13-30(39)29(25)22-42-32-24-48-37(15-18-41(19-16-37)21-26-9-6-12-28(38)20-26)34(32)35(46)43(36(42)47)23-31(27-10-3-2-4-11-27)40-17-7-14-33(44)45;1-22-7-5-12-27(35)26(22)19-38-29-21-42-33(13-15-37(16-14-33)18-23-8-6-11-25(34)17-23)30(29)31(40)39(32(38)41)20-28(36)24-9-3-2-4-10-24;5-3-1-2-4(6)7/h2-6,8-13,20,31,40H,7,14-19,21-24H2,1H3,(H,44,45);2-12,17,28H,13-16,18-21,36H2,1H3;3H,1-2H2,(H,6,7)/t31-;28-;/m00./s1. The lowest BCUT2D eigenvalue weighted by Gasteiger charge is -2.39. The normalized spacial score (nSPS) is 15.9. The number of carboxylic acid groups (broad SMARTS) is 2. The molecule has 6 aromatic carbocycles. The molecule has 4 aliphatic heterocycles. The average Bonchev–Trinajstić information content (AvgIpc) is 1.62. The highest BCUT2D eigenvalue weighted by Crippen LogP contribution is 2.44. The zero-order valence-corrected chi connectivity index (χ0v) is 55.8. The van der Waals surface area contributed by atoms with Crippen molar-refractivity contribution < 1.29 is 42.9 Å². The van der Waals surface area contributed by atoms with Gasteiger partial charge in [0.05, 0.1) is 74.4 Å². The number of aliphatic carboxylic acids is 2. The number of piperidine rings is 2. The number of hydrogen-bond acceptors (Lipinski definition) is 13. The summed E-state index contributed by atoms with van der Waals surface area (Å²) in [6.07, 6.45) is 3.35. The number of aldehydes is 1. The van der Waals surface area contributed by atoms with Crippen molar-refractivity contribution in [1.82, 2.24) is 33.4 Å². The largest absolute Gasteiger partial charge is 0.481 e. The van der Waals surface area contributed by atoms with E-state index < -0.39 is 63.8 Å². The number of carboxylic acids is 2. The summed E-state index contributed by atoms with van der Waals surface area (Å²) in [6, 6.07) is 43.1. The van der Waals surface area contributed by atoms with E-state index in [0.717, 1.165) is 34.4 Å². The minimum absolute atomic E-state index is 0.000853. The summed E-state index contributed by atoms with van der Waals surface area (Å²) < 4.78 is 48.6. The number of aryl methyl sites for hydroxylation is 2. The fraction of sp³-hybridized carbons (Fsp3) is 0.365. The lowest BCUT2D eigenvalue weighted by atomic mass is 9.85. The van der Waals surface area contributed by atoms with Crippen LogP contribution in [-0.2, 0) is 87.5 Å². The van der Waals surface area contributed by atoms with Crippen molar-refractivity contribution in [1.29, 1.82) is 0 Å². The summed E-state index contributed by atoms with van der Waals surface area (Å²) in [5, 5.41) is 21.8. The number of fused-ring (bicyclic) bond motifs is 4. The van der Waals surface area contributed by atoms with Crippen molar-refractivity contribution in [3.63, 3.8) is 0 Å². The number of nitrogens with one attached hydrogen (secondary N) is 1. The van der Waals surface area contributed by atoms with Crippen LogP contribution in [0.5, 0.6) is 0 Å². The smallest absolute Gasteiger partial charge is 0.331 e. The predicted molar refractivity (Wildman–Crippen MR) is 366 cm³/mol. The molecule has 2 aromatic heterocycles. The molecule has 5 N–H and O–H groups in total. The van der Waals surface area contributed by atoms with Gasteiger partial charge in [0, 0.05) is 79.3 Å². The van der Waals surface area contributed by atoms with E-state index in [4.69, 9.17) is 48.6 Å². The third-order valence-corrected chi connectivity index (χ3v) is 19.3. The van der Waals surface area contributed by atoms with E-state index in [1.54, 1.807) is 25.1 Å². The van der Waals surface area contributed by atoms with Gasteiger partial charge in [-0.1, -0.05) is 132 Å². The number of aromatic nitrogens is 4. The molecule has 2 fully saturated rings. The lowest BCUT2D eigenvalue weighted by Crippen LogP contribution is -2.50. The van der Waals surface area contributed by atoms with Crippen LogP contribution in [0.1, 0.15) is 130 Å². The fourth-order valence-electron chi connectivity index (χ4n) is 13.5. The van der Waals surface area contributed by atoms with Crippen molar-refractivity contribution in [3.05, 3.63) is 276 Å². The number of halogens is 4. The number of likely N-dealkylation sites (tertiary alicyclic amines) is 2. The minimum atomic E-state index is -0.924. The van der Waals surface area contributed by atoms with Crippen molar-refractivity contribution >= 4 is 41.4 Å². The first-order chi connectivity index (χ1) is 46.7. The number of ether oxygens (including phenoxy) is 2. The molecule has 12 rings (SSSR count). The highest BCUT2D eigenvalue weighted by Gasteiger charge is 2.49. The Morgan fingerprint density at radius 2 is 1.01 bits per heavy atom. The van der Waals surface area contributed by atoms with Crippen LogP contribution in [0.4, 0.5) is 8.78 Å². The van der Waals surface area contributed by atoms with Gasteiger partial charge in [0.1, 0.15) is 29.1 Å². The molecule has 4 aliphatic rings. The van der Waals surface area contributed by atoms with Gasteiger partial charge in [-0.25, -0.2) is 18.4 Å². The third kappa shape index (κ3) is 16.9. The molecule has 0 unspecified atom stereocenters. The van der Waals surface area contributed by atoms with E-state index in [1.807, 2.05) is 116 Å². The van der Waals surface area contributed by atoms with Gasteiger partial charge in [0.25, 0.3) is 11.1 Å². The first kappa shape index (κ1) is 71.3. The first-order valence-corrected chi connectivity index (χ1v) is 33.3. The molecule has 2 saturated heterocycles.